The molecular weight excluding hydrogens is 294 g/mol. The monoisotopic (exact) mass is 319 g/mol. The second-order valence-corrected chi connectivity index (χ2v) is 6.91. The van der Waals surface area contributed by atoms with Crippen LogP contribution in [0.3, 0.4) is 0 Å². The van der Waals surface area contributed by atoms with Crippen LogP contribution in [0.25, 0.3) is 0 Å². The summed E-state index contributed by atoms with van der Waals surface area (Å²) in [6.07, 6.45) is 6.92. The van der Waals surface area contributed by atoms with Crippen LogP contribution < -0.4 is 5.32 Å². The Labute approximate surface area is 136 Å². The molecule has 0 saturated carbocycles. The molecule has 3 amide bonds. The molecule has 2 fully saturated rings. The summed E-state index contributed by atoms with van der Waals surface area (Å²) in [4.78, 5) is 27.8. The maximum Gasteiger partial charge on any atom is 0.324 e. The predicted octanol–water partition coefficient (Wildman–Crippen LogP) is 0.615. The van der Waals surface area contributed by atoms with Gasteiger partial charge in [-0.2, -0.15) is 5.10 Å². The smallest absolute Gasteiger partial charge is 0.323 e. The van der Waals surface area contributed by atoms with E-state index < -0.39 is 5.54 Å². The maximum absolute atomic E-state index is 12.4. The first-order valence-electron chi connectivity index (χ1n) is 8.20. The minimum atomic E-state index is -0.765. The van der Waals surface area contributed by atoms with E-state index in [0.29, 0.717) is 0 Å². The van der Waals surface area contributed by atoms with Crippen molar-refractivity contribution in [3.63, 3.8) is 0 Å². The molecule has 23 heavy (non-hydrogen) atoms. The number of nitrogens with zero attached hydrogens (tertiary/aromatic N) is 4. The van der Waals surface area contributed by atoms with E-state index >= 15 is 0 Å². The first-order chi connectivity index (χ1) is 10.9. The minimum absolute atomic E-state index is 0.110. The number of aryl methyl sites for hydroxylation is 1. The molecule has 0 bridgehead atoms. The fraction of sp³-hybridized carbons (Fsp3) is 0.688. The lowest BCUT2D eigenvalue weighted by Crippen LogP contribution is -2.55. The van der Waals surface area contributed by atoms with Crippen molar-refractivity contribution in [3.05, 3.63) is 18.0 Å². The van der Waals surface area contributed by atoms with E-state index in [9.17, 15) is 9.59 Å². The summed E-state index contributed by atoms with van der Waals surface area (Å²) in [5.74, 6) is 0.0492. The van der Waals surface area contributed by atoms with Crippen LogP contribution in [0.15, 0.2) is 12.4 Å². The molecule has 1 aromatic rings. The molecule has 126 valence electrons. The van der Waals surface area contributed by atoms with Gasteiger partial charge >= 0.3 is 6.03 Å². The van der Waals surface area contributed by atoms with Crippen molar-refractivity contribution in [2.75, 3.05) is 26.7 Å². The van der Waals surface area contributed by atoms with Crippen LogP contribution in [0, 0.1) is 5.92 Å². The van der Waals surface area contributed by atoms with Crippen LogP contribution in [0.5, 0.6) is 0 Å². The number of imide groups is 1. The van der Waals surface area contributed by atoms with E-state index in [-0.39, 0.29) is 17.9 Å². The van der Waals surface area contributed by atoms with Gasteiger partial charge in [0.25, 0.3) is 5.91 Å². The van der Waals surface area contributed by atoms with Gasteiger partial charge in [-0.3, -0.25) is 14.4 Å². The molecule has 0 radical (unpaired) electrons. The van der Waals surface area contributed by atoms with E-state index in [2.05, 4.69) is 15.3 Å². The number of nitrogens with one attached hydrogen (secondary N) is 1. The zero-order chi connectivity index (χ0) is 16.6. The topological polar surface area (TPSA) is 70.5 Å². The van der Waals surface area contributed by atoms with Crippen molar-refractivity contribution in [1.29, 1.82) is 0 Å². The van der Waals surface area contributed by atoms with E-state index in [1.807, 2.05) is 31.0 Å². The van der Waals surface area contributed by atoms with Gasteiger partial charge in [-0.25, -0.2) is 4.79 Å². The summed E-state index contributed by atoms with van der Waals surface area (Å²) >= 11 is 0. The third kappa shape index (κ3) is 2.97. The average Bonchev–Trinajstić information content (AvgIpc) is 3.04. The van der Waals surface area contributed by atoms with Crippen LogP contribution in [0.1, 0.15) is 25.3 Å². The Morgan fingerprint density at radius 3 is 2.78 bits per heavy atom. The Kier molecular flexibility index (Phi) is 4.14. The second-order valence-electron chi connectivity index (χ2n) is 6.91. The number of piperidine rings is 1. The van der Waals surface area contributed by atoms with Crippen LogP contribution in [0.2, 0.25) is 0 Å². The molecule has 0 unspecified atom stereocenters. The molecule has 0 spiro atoms. The first kappa shape index (κ1) is 16.0. The zero-order valence-corrected chi connectivity index (χ0v) is 14.1. The number of hydrogen-bond donors (Lipinski definition) is 1. The normalized spacial score (nSPS) is 29.2. The molecule has 3 rings (SSSR count). The van der Waals surface area contributed by atoms with Gasteiger partial charge in [0.05, 0.1) is 6.20 Å². The van der Waals surface area contributed by atoms with Crippen molar-refractivity contribution >= 4 is 11.9 Å². The van der Waals surface area contributed by atoms with Crippen molar-refractivity contribution in [1.82, 2.24) is 24.9 Å². The summed E-state index contributed by atoms with van der Waals surface area (Å²) in [5.41, 5.74) is 0.463. The number of urea groups is 1. The Morgan fingerprint density at radius 2 is 2.17 bits per heavy atom. The average molecular weight is 319 g/mol. The van der Waals surface area contributed by atoms with Gasteiger partial charge in [0, 0.05) is 39.3 Å². The fourth-order valence-electron chi connectivity index (χ4n) is 3.69. The zero-order valence-electron chi connectivity index (χ0n) is 14.1. The molecule has 1 aromatic heterocycles. The number of aromatic nitrogens is 2. The van der Waals surface area contributed by atoms with Crippen molar-refractivity contribution in [2.24, 2.45) is 13.0 Å². The van der Waals surface area contributed by atoms with E-state index in [1.165, 1.54) is 10.5 Å². The standard InChI is InChI=1S/C16H25N5O2/c1-16(14(22)20(3)15(23)18-16)13-5-4-7-21(11-13)8-6-12-9-17-19(2)10-12/h9-10,13H,4-8,11H2,1-3H3,(H,18,23)/t13-,16-/m0/s1. The van der Waals surface area contributed by atoms with Crippen LogP contribution in [-0.2, 0) is 18.3 Å². The predicted molar refractivity (Wildman–Crippen MR) is 85.8 cm³/mol. The number of rotatable bonds is 4. The van der Waals surface area contributed by atoms with Gasteiger partial charge in [-0.1, -0.05) is 0 Å². The SMILES string of the molecule is CN1C(=O)N[C@@](C)([C@H]2CCCN(CCc3cnn(C)c3)C2)C1=O. The van der Waals surface area contributed by atoms with E-state index in [1.54, 1.807) is 7.05 Å². The number of hydrogen-bond acceptors (Lipinski definition) is 4. The first-order valence-corrected chi connectivity index (χ1v) is 8.20. The van der Waals surface area contributed by atoms with Crippen LogP contribution in [0.4, 0.5) is 4.79 Å². The molecule has 7 nitrogen and oxygen atoms in total. The largest absolute Gasteiger partial charge is 0.324 e. The number of likely N-dealkylation sites (tertiary alicyclic amines) is 1. The summed E-state index contributed by atoms with van der Waals surface area (Å²) < 4.78 is 1.82. The Morgan fingerprint density at radius 1 is 1.39 bits per heavy atom. The van der Waals surface area contributed by atoms with Gasteiger partial charge in [0.1, 0.15) is 5.54 Å². The van der Waals surface area contributed by atoms with Gasteiger partial charge in [0.2, 0.25) is 0 Å². The Bertz CT molecular complexity index is 613. The highest BCUT2D eigenvalue weighted by Gasteiger charge is 2.51. The maximum atomic E-state index is 12.4. The summed E-state index contributed by atoms with van der Waals surface area (Å²) in [6, 6.07) is -0.287. The Hall–Kier alpha value is -1.89. The molecule has 2 aliphatic heterocycles. The number of carbonyl (C=O) groups is 2. The lowest BCUT2D eigenvalue weighted by Gasteiger charge is -2.39. The van der Waals surface area contributed by atoms with Crippen molar-refractivity contribution < 1.29 is 9.59 Å². The molecule has 2 atom stereocenters. The lowest BCUT2D eigenvalue weighted by molar-refractivity contribution is -0.132. The van der Waals surface area contributed by atoms with Crippen molar-refractivity contribution in [3.8, 4) is 0 Å². The van der Waals surface area contributed by atoms with Crippen molar-refractivity contribution in [2.45, 2.75) is 31.7 Å². The highest BCUT2D eigenvalue weighted by molar-refractivity contribution is 6.06. The van der Waals surface area contributed by atoms with Crippen LogP contribution in [-0.4, -0.2) is 63.7 Å². The number of likely N-dealkylation sites (N-methyl/N-ethyl adjacent to an activating group) is 1. The van der Waals surface area contributed by atoms with Gasteiger partial charge in [-0.15, -0.1) is 0 Å². The quantitative estimate of drug-likeness (QED) is 0.826. The fourth-order valence-corrected chi connectivity index (χ4v) is 3.69. The minimum Gasteiger partial charge on any atom is -0.323 e. The molecule has 0 aromatic carbocycles. The van der Waals surface area contributed by atoms with Crippen LogP contribution >= 0.6 is 0 Å². The molecule has 0 aliphatic carbocycles. The van der Waals surface area contributed by atoms with E-state index in [0.717, 1.165) is 38.9 Å². The highest BCUT2D eigenvalue weighted by atomic mass is 16.2. The molecule has 2 saturated heterocycles. The van der Waals surface area contributed by atoms with E-state index in [4.69, 9.17) is 0 Å². The van der Waals surface area contributed by atoms with Gasteiger partial charge < -0.3 is 10.2 Å². The number of amides is 3. The Balaban J connectivity index is 1.62. The molecule has 7 heteroatoms. The number of carbonyl (C=O) groups excluding carboxylic acids is 2. The summed E-state index contributed by atoms with van der Waals surface area (Å²) in [6.45, 7) is 4.71. The molecule has 2 aliphatic rings. The molecule has 3 heterocycles. The highest BCUT2D eigenvalue weighted by Crippen LogP contribution is 2.32. The second kappa shape index (κ2) is 5.96. The third-order valence-corrected chi connectivity index (χ3v) is 5.22. The van der Waals surface area contributed by atoms with Gasteiger partial charge in [-0.05, 0) is 38.3 Å². The summed E-state index contributed by atoms with van der Waals surface area (Å²) in [7, 11) is 3.47. The lowest BCUT2D eigenvalue weighted by atomic mass is 9.80. The third-order valence-electron chi connectivity index (χ3n) is 5.22. The molecule has 1 N–H and O–H groups in total. The molecular formula is C16H25N5O2. The van der Waals surface area contributed by atoms with Gasteiger partial charge in [0.15, 0.2) is 0 Å². The summed E-state index contributed by atoms with van der Waals surface area (Å²) in [5, 5.41) is 7.09.